The van der Waals surface area contributed by atoms with Crippen LogP contribution in [-0.4, -0.2) is 29.5 Å². The Kier molecular flexibility index (Phi) is 6.09. The van der Waals surface area contributed by atoms with Gasteiger partial charge < -0.3 is 14.2 Å². The summed E-state index contributed by atoms with van der Waals surface area (Å²) in [7, 11) is 3.80. The minimum atomic E-state index is -4.46. The smallest absolute Gasteiger partial charge is 0.416 e. The van der Waals surface area contributed by atoms with Crippen LogP contribution in [0, 0.1) is 0 Å². The molecule has 0 unspecified atom stereocenters. The molecular weight excluding hydrogens is 437 g/mol. The van der Waals surface area contributed by atoms with Crippen LogP contribution in [0.1, 0.15) is 40.8 Å². The zero-order chi connectivity index (χ0) is 23.0. The molecule has 1 aliphatic heterocycles. The topological polar surface area (TPSA) is 34.5 Å². The van der Waals surface area contributed by atoms with Crippen molar-refractivity contribution in [3.8, 4) is 5.69 Å². The summed E-state index contributed by atoms with van der Waals surface area (Å²) in [6.45, 7) is 1.86. The molecule has 0 radical (unpaired) electrons. The number of hydrogen-bond acceptors (Lipinski definition) is 4. The van der Waals surface area contributed by atoms with E-state index in [2.05, 4.69) is 0 Å². The van der Waals surface area contributed by atoms with Gasteiger partial charge in [0.25, 0.3) is 0 Å². The van der Waals surface area contributed by atoms with Gasteiger partial charge >= 0.3 is 12.1 Å². The first-order chi connectivity index (χ1) is 15.1. The Morgan fingerprint density at radius 2 is 1.81 bits per heavy atom. The average Bonchev–Trinajstić information content (AvgIpc) is 3.06. The minimum absolute atomic E-state index is 0.320. The summed E-state index contributed by atoms with van der Waals surface area (Å²) in [6.07, 6.45) is -5.13. The summed E-state index contributed by atoms with van der Waals surface area (Å²) in [5.74, 6) is -0.444. The van der Waals surface area contributed by atoms with Gasteiger partial charge in [-0.1, -0.05) is 30.3 Å². The molecule has 2 atom stereocenters. The van der Waals surface area contributed by atoms with Crippen LogP contribution in [0.2, 0.25) is 0 Å². The van der Waals surface area contributed by atoms with E-state index in [-0.39, 0.29) is 5.25 Å². The van der Waals surface area contributed by atoms with Crippen LogP contribution in [-0.2, 0) is 22.3 Å². The number of nitrogens with zero attached hydrogens (tertiary/aromatic N) is 2. The third kappa shape index (κ3) is 4.42. The standard InChI is InChI=1S/C24H23F3N2O2S/c1-15(30)31-22-19-11-10-18(14-28(2)3)29(19)20-13-17(24(25,26)27)9-12-21(20)32-23(22)16-7-5-4-6-8-16/h4-13,22-23H,14H2,1-3H3/t22-,23-/m0/s1. The molecule has 4 rings (SSSR count). The van der Waals surface area contributed by atoms with E-state index < -0.39 is 23.8 Å². The quantitative estimate of drug-likeness (QED) is 0.447. The number of fused-ring (bicyclic) bond motifs is 3. The molecule has 0 N–H and O–H groups in total. The largest absolute Gasteiger partial charge is 0.455 e. The number of thioether (sulfide) groups is 1. The highest BCUT2D eigenvalue weighted by Crippen LogP contribution is 2.52. The molecule has 32 heavy (non-hydrogen) atoms. The van der Waals surface area contributed by atoms with E-state index in [1.165, 1.54) is 30.8 Å². The number of ether oxygens (including phenoxy) is 1. The van der Waals surface area contributed by atoms with Crippen LogP contribution in [0.15, 0.2) is 65.6 Å². The lowest BCUT2D eigenvalue weighted by Crippen LogP contribution is -2.19. The maximum absolute atomic E-state index is 13.6. The van der Waals surface area contributed by atoms with Crippen LogP contribution < -0.4 is 0 Å². The van der Waals surface area contributed by atoms with Crippen molar-refractivity contribution in [2.75, 3.05) is 14.1 Å². The lowest BCUT2D eigenvalue weighted by Gasteiger charge is -2.25. The molecule has 2 heterocycles. The third-order valence-corrected chi connectivity index (χ3v) is 6.61. The zero-order valence-corrected chi connectivity index (χ0v) is 18.7. The van der Waals surface area contributed by atoms with Gasteiger partial charge in [-0.05, 0) is 50.0 Å². The molecule has 1 aromatic heterocycles. The van der Waals surface area contributed by atoms with Gasteiger partial charge in [-0.2, -0.15) is 13.2 Å². The van der Waals surface area contributed by atoms with Crippen LogP contribution in [0.4, 0.5) is 13.2 Å². The molecule has 0 aliphatic carbocycles. The van der Waals surface area contributed by atoms with E-state index >= 15 is 0 Å². The highest BCUT2D eigenvalue weighted by Gasteiger charge is 2.38. The predicted octanol–water partition coefficient (Wildman–Crippen LogP) is 6.01. The highest BCUT2D eigenvalue weighted by molar-refractivity contribution is 7.99. The number of hydrogen-bond donors (Lipinski definition) is 0. The Labute approximate surface area is 189 Å². The second kappa shape index (κ2) is 8.67. The van der Waals surface area contributed by atoms with Gasteiger partial charge in [-0.25, -0.2) is 0 Å². The van der Waals surface area contributed by atoms with Crippen molar-refractivity contribution in [1.29, 1.82) is 0 Å². The van der Waals surface area contributed by atoms with E-state index in [4.69, 9.17) is 4.74 Å². The number of carbonyl (C=O) groups excluding carboxylic acids is 1. The molecule has 0 bridgehead atoms. The molecule has 1 aliphatic rings. The predicted molar refractivity (Wildman–Crippen MR) is 118 cm³/mol. The maximum Gasteiger partial charge on any atom is 0.416 e. The normalized spacial score (nSPS) is 18.1. The van der Waals surface area contributed by atoms with Crippen LogP contribution in [0.5, 0.6) is 0 Å². The summed E-state index contributed by atoms with van der Waals surface area (Å²) < 4.78 is 48.3. The van der Waals surface area contributed by atoms with Crippen molar-refractivity contribution >= 4 is 17.7 Å². The lowest BCUT2D eigenvalue weighted by molar-refractivity contribution is -0.147. The van der Waals surface area contributed by atoms with E-state index in [0.29, 0.717) is 22.8 Å². The molecule has 0 amide bonds. The van der Waals surface area contributed by atoms with E-state index in [1.807, 2.05) is 66.0 Å². The number of halogens is 3. The highest BCUT2D eigenvalue weighted by atomic mass is 32.2. The van der Waals surface area contributed by atoms with Gasteiger partial charge in [0.05, 0.1) is 22.2 Å². The Morgan fingerprint density at radius 3 is 2.44 bits per heavy atom. The lowest BCUT2D eigenvalue weighted by atomic mass is 10.0. The van der Waals surface area contributed by atoms with Crippen LogP contribution in [0.3, 0.4) is 0 Å². The fraction of sp³-hybridized carbons (Fsp3) is 0.292. The number of rotatable bonds is 4. The van der Waals surface area contributed by atoms with Crippen LogP contribution >= 0.6 is 11.8 Å². The Bertz CT molecular complexity index is 1130. The summed E-state index contributed by atoms with van der Waals surface area (Å²) in [6, 6.07) is 17.1. The Morgan fingerprint density at radius 1 is 1.09 bits per heavy atom. The third-order valence-electron chi connectivity index (χ3n) is 5.24. The van der Waals surface area contributed by atoms with Crippen LogP contribution in [0.25, 0.3) is 5.69 Å². The first-order valence-corrected chi connectivity index (χ1v) is 11.0. The second-order valence-corrected chi connectivity index (χ2v) is 9.17. The monoisotopic (exact) mass is 460 g/mol. The molecule has 0 saturated carbocycles. The molecule has 168 valence electrons. The summed E-state index contributed by atoms with van der Waals surface area (Å²) in [5, 5.41) is -0.320. The first-order valence-electron chi connectivity index (χ1n) is 10.1. The van der Waals surface area contributed by atoms with Gasteiger partial charge in [0.2, 0.25) is 0 Å². The van der Waals surface area contributed by atoms with Gasteiger partial charge in [0.1, 0.15) is 0 Å². The number of benzene rings is 2. The summed E-state index contributed by atoms with van der Waals surface area (Å²) in [4.78, 5) is 14.7. The second-order valence-electron chi connectivity index (χ2n) is 7.98. The number of aromatic nitrogens is 1. The SMILES string of the molecule is CC(=O)O[C@H]1c2ccc(CN(C)C)n2-c2cc(C(F)(F)F)ccc2S[C@H]1c1ccccc1. The first kappa shape index (κ1) is 22.5. The van der Waals surface area contributed by atoms with E-state index in [1.54, 1.807) is 0 Å². The molecule has 4 nitrogen and oxygen atoms in total. The average molecular weight is 461 g/mol. The summed E-state index contributed by atoms with van der Waals surface area (Å²) in [5.41, 5.74) is 2.12. The van der Waals surface area contributed by atoms with Crippen molar-refractivity contribution in [2.45, 2.75) is 35.9 Å². The fourth-order valence-electron chi connectivity index (χ4n) is 3.97. The van der Waals surface area contributed by atoms with Crippen molar-refractivity contribution in [3.63, 3.8) is 0 Å². The van der Waals surface area contributed by atoms with Gasteiger partial charge in [-0.3, -0.25) is 4.79 Å². The molecule has 8 heteroatoms. The number of alkyl halides is 3. The molecule has 3 aromatic rings. The number of carbonyl (C=O) groups is 1. The van der Waals surface area contributed by atoms with Crippen molar-refractivity contribution in [1.82, 2.24) is 9.47 Å². The van der Waals surface area contributed by atoms with Gasteiger partial charge in [0.15, 0.2) is 6.10 Å². The van der Waals surface area contributed by atoms with E-state index in [0.717, 1.165) is 17.3 Å². The minimum Gasteiger partial charge on any atom is -0.455 e. The van der Waals surface area contributed by atoms with Gasteiger partial charge in [-0.15, -0.1) is 11.8 Å². The Hall–Kier alpha value is -2.71. The Balaban J connectivity index is 1.98. The molecule has 0 fully saturated rings. The molecule has 0 saturated heterocycles. The van der Waals surface area contributed by atoms with Crippen molar-refractivity contribution in [3.05, 3.63) is 83.2 Å². The maximum atomic E-state index is 13.6. The zero-order valence-electron chi connectivity index (χ0n) is 17.9. The van der Waals surface area contributed by atoms with Gasteiger partial charge in [0, 0.05) is 24.1 Å². The molecular formula is C24H23F3N2O2S. The molecule has 2 aromatic carbocycles. The molecule has 0 spiro atoms. The fourth-order valence-corrected chi connectivity index (χ4v) is 5.27. The van der Waals surface area contributed by atoms with Crippen molar-refractivity contribution < 1.29 is 22.7 Å². The number of esters is 1. The summed E-state index contributed by atoms with van der Waals surface area (Å²) >= 11 is 1.41. The van der Waals surface area contributed by atoms with E-state index in [9.17, 15) is 18.0 Å². The van der Waals surface area contributed by atoms with Crippen molar-refractivity contribution in [2.24, 2.45) is 0 Å².